The number of halogens is 1. The summed E-state index contributed by atoms with van der Waals surface area (Å²) in [5, 5.41) is 8.10. The number of rotatable bonds is 15. The molecule has 2 saturated heterocycles. The summed E-state index contributed by atoms with van der Waals surface area (Å²) < 4.78 is 36.7. The standard InChI is InChI=1S/C39H49FN4O10/c1-22-18-24-7-6-23(2)27(9-8-26-20-25(40)21-33(46)53-26)34(24)31(19-22)54-39(50)42-13-15-52-17-16-51-14-12-41-29-5-3-4-28-35(29)38(49)44(37(28)48)30-10-11-32(45)43-36(30)47/h3-7,18,22-23,25-27,30-31,34,41H,8-17,19-21H2,1-2H3,(H,42,50)(H,43,45,47)/t22-,23-,25+,26+,27-,30?,31-,34-/m0/s1. The molecule has 292 valence electrons. The van der Waals surface area contributed by atoms with Gasteiger partial charge < -0.3 is 29.6 Å². The topological polar surface area (TPSA) is 179 Å². The van der Waals surface area contributed by atoms with E-state index in [-0.39, 0.29) is 99.6 Å². The summed E-state index contributed by atoms with van der Waals surface area (Å²) in [6.45, 7) is 5.92. The van der Waals surface area contributed by atoms with Crippen LogP contribution in [0.4, 0.5) is 14.9 Å². The van der Waals surface area contributed by atoms with Crippen molar-refractivity contribution in [2.45, 2.75) is 83.2 Å². The lowest BCUT2D eigenvalue weighted by Crippen LogP contribution is -2.54. The first kappa shape index (κ1) is 39.1. The highest BCUT2D eigenvalue weighted by Crippen LogP contribution is 2.45. The van der Waals surface area contributed by atoms with Crippen LogP contribution in [-0.2, 0) is 33.3 Å². The molecule has 1 aromatic carbocycles. The average molecular weight is 753 g/mol. The number of esters is 1. The average Bonchev–Trinajstić information content (AvgIpc) is 3.37. The highest BCUT2D eigenvalue weighted by atomic mass is 19.1. The number of anilines is 1. The third kappa shape index (κ3) is 9.17. The molecule has 5 amide bonds. The van der Waals surface area contributed by atoms with Gasteiger partial charge in [-0.15, -0.1) is 0 Å². The van der Waals surface area contributed by atoms with Gasteiger partial charge in [0, 0.05) is 37.5 Å². The number of hydrogen-bond donors (Lipinski definition) is 3. The van der Waals surface area contributed by atoms with Gasteiger partial charge in [-0.2, -0.15) is 0 Å². The fraction of sp³-hybridized carbons (Fsp3) is 0.590. The number of amides is 5. The number of nitrogens with zero attached hydrogens (tertiary/aromatic N) is 1. The van der Waals surface area contributed by atoms with E-state index in [1.807, 2.05) is 0 Å². The van der Waals surface area contributed by atoms with Gasteiger partial charge in [0.05, 0.1) is 44.0 Å². The van der Waals surface area contributed by atoms with Crippen molar-refractivity contribution in [2.75, 3.05) is 44.8 Å². The molecule has 3 heterocycles. The van der Waals surface area contributed by atoms with Crippen molar-refractivity contribution >= 4 is 41.4 Å². The Morgan fingerprint density at radius 3 is 2.54 bits per heavy atom. The molecule has 2 aliphatic carbocycles. The Balaban J connectivity index is 0.878. The fourth-order valence-electron chi connectivity index (χ4n) is 8.25. The van der Waals surface area contributed by atoms with Crippen LogP contribution in [0.1, 0.15) is 79.5 Å². The molecule has 1 unspecified atom stereocenters. The van der Waals surface area contributed by atoms with Crippen molar-refractivity contribution in [2.24, 2.45) is 23.7 Å². The van der Waals surface area contributed by atoms with Gasteiger partial charge in [-0.1, -0.05) is 38.1 Å². The van der Waals surface area contributed by atoms with Crippen molar-refractivity contribution < 1.29 is 52.1 Å². The van der Waals surface area contributed by atoms with Gasteiger partial charge >= 0.3 is 12.1 Å². The van der Waals surface area contributed by atoms with E-state index in [0.29, 0.717) is 25.1 Å². The first-order valence-corrected chi connectivity index (χ1v) is 18.9. The van der Waals surface area contributed by atoms with Gasteiger partial charge in [0.15, 0.2) is 0 Å². The van der Waals surface area contributed by atoms with E-state index in [1.165, 1.54) is 6.07 Å². The molecule has 0 saturated carbocycles. The Morgan fingerprint density at radius 2 is 1.78 bits per heavy atom. The number of alkyl halides is 1. The number of cyclic esters (lactones) is 1. The van der Waals surface area contributed by atoms with Gasteiger partial charge in [-0.25, -0.2) is 9.18 Å². The first-order chi connectivity index (χ1) is 26.0. The molecule has 0 spiro atoms. The summed E-state index contributed by atoms with van der Waals surface area (Å²) in [6.07, 6.45) is 6.22. The van der Waals surface area contributed by atoms with Gasteiger partial charge in [-0.3, -0.25) is 34.2 Å². The minimum absolute atomic E-state index is 0.00591. The van der Waals surface area contributed by atoms with Crippen molar-refractivity contribution in [1.82, 2.24) is 15.5 Å². The maximum atomic E-state index is 14.0. The molecular weight excluding hydrogens is 703 g/mol. The highest BCUT2D eigenvalue weighted by Gasteiger charge is 2.46. The molecule has 14 nitrogen and oxygen atoms in total. The van der Waals surface area contributed by atoms with E-state index in [0.717, 1.165) is 16.9 Å². The number of benzene rings is 1. The second kappa shape index (κ2) is 17.7. The van der Waals surface area contributed by atoms with Crippen LogP contribution in [0.3, 0.4) is 0 Å². The quantitative estimate of drug-likeness (QED) is 0.135. The zero-order chi connectivity index (χ0) is 38.4. The van der Waals surface area contributed by atoms with E-state index in [4.69, 9.17) is 18.9 Å². The minimum atomic E-state index is -1.17. The van der Waals surface area contributed by atoms with Crippen LogP contribution in [0.15, 0.2) is 42.0 Å². The zero-order valence-corrected chi connectivity index (χ0v) is 30.7. The predicted octanol–water partition coefficient (Wildman–Crippen LogP) is 3.86. The molecule has 15 heteroatoms. The zero-order valence-electron chi connectivity index (χ0n) is 30.7. The number of fused-ring (bicyclic) bond motifs is 2. The molecule has 3 N–H and O–H groups in total. The van der Waals surface area contributed by atoms with Gasteiger partial charge in [-0.05, 0) is 61.1 Å². The summed E-state index contributed by atoms with van der Waals surface area (Å²) in [6, 6.07) is 3.83. The molecule has 5 aliphatic rings. The monoisotopic (exact) mass is 752 g/mol. The maximum Gasteiger partial charge on any atom is 0.407 e. The number of alkyl carbamates (subject to hydrolysis) is 1. The van der Waals surface area contributed by atoms with Gasteiger partial charge in [0.1, 0.15) is 24.4 Å². The lowest BCUT2D eigenvalue weighted by molar-refractivity contribution is -0.158. The van der Waals surface area contributed by atoms with Crippen LogP contribution < -0.4 is 16.0 Å². The Bertz CT molecular complexity index is 1680. The molecule has 8 atom stereocenters. The molecule has 1 aromatic rings. The SMILES string of the molecule is C[C@H]1C=C2C=C[C@H](C)[C@H](CC[C@@H]3C[C@@H](F)CC(=O)O3)[C@H]2[C@@H](OC(=O)NCCOCCOCCNc2cccc3c2C(=O)N(C2CCC(=O)NC2=O)C3=O)C1. The lowest BCUT2D eigenvalue weighted by atomic mass is 9.65. The first-order valence-electron chi connectivity index (χ1n) is 18.9. The second-order valence-electron chi connectivity index (χ2n) is 14.7. The van der Waals surface area contributed by atoms with Crippen molar-refractivity contribution in [3.63, 3.8) is 0 Å². The van der Waals surface area contributed by atoms with Crippen LogP contribution in [0, 0.1) is 23.7 Å². The van der Waals surface area contributed by atoms with Crippen LogP contribution in [0.2, 0.25) is 0 Å². The van der Waals surface area contributed by atoms with E-state index < -0.39 is 54.0 Å². The number of allylic oxidation sites excluding steroid dienone is 3. The summed E-state index contributed by atoms with van der Waals surface area (Å²) in [4.78, 5) is 75.8. The third-order valence-electron chi connectivity index (χ3n) is 10.8. The molecule has 0 bridgehead atoms. The van der Waals surface area contributed by atoms with Gasteiger partial charge in [0.2, 0.25) is 11.8 Å². The van der Waals surface area contributed by atoms with E-state index in [9.17, 15) is 33.2 Å². The van der Waals surface area contributed by atoms with Crippen molar-refractivity contribution in [1.29, 1.82) is 0 Å². The molecule has 54 heavy (non-hydrogen) atoms. The number of carbonyl (C=O) groups is 6. The predicted molar refractivity (Wildman–Crippen MR) is 192 cm³/mol. The largest absolute Gasteiger partial charge is 0.462 e. The molecular formula is C39H49FN4O10. The number of carbonyl (C=O) groups excluding carboxylic acids is 6. The van der Waals surface area contributed by atoms with Crippen molar-refractivity contribution in [3.8, 4) is 0 Å². The summed E-state index contributed by atoms with van der Waals surface area (Å²) >= 11 is 0. The second-order valence-corrected chi connectivity index (χ2v) is 14.7. The number of ether oxygens (including phenoxy) is 4. The molecule has 0 radical (unpaired) electrons. The smallest absolute Gasteiger partial charge is 0.407 e. The van der Waals surface area contributed by atoms with E-state index in [1.54, 1.807) is 12.1 Å². The Hall–Kier alpha value is -4.63. The number of nitrogens with one attached hydrogen (secondary N) is 3. The number of piperidine rings is 1. The number of imide groups is 2. The Kier molecular flexibility index (Phi) is 12.8. The molecule has 0 aromatic heterocycles. The maximum absolute atomic E-state index is 14.0. The van der Waals surface area contributed by atoms with E-state index >= 15 is 0 Å². The van der Waals surface area contributed by atoms with E-state index in [2.05, 4.69) is 48.0 Å². The third-order valence-corrected chi connectivity index (χ3v) is 10.8. The Morgan fingerprint density at radius 1 is 1.00 bits per heavy atom. The molecule has 2 fully saturated rings. The van der Waals surface area contributed by atoms with Crippen LogP contribution >= 0.6 is 0 Å². The molecule has 6 rings (SSSR count). The highest BCUT2D eigenvalue weighted by molar-refractivity contribution is 6.25. The summed E-state index contributed by atoms with van der Waals surface area (Å²) in [7, 11) is 0. The summed E-state index contributed by atoms with van der Waals surface area (Å²) in [5.41, 5.74) is 1.97. The van der Waals surface area contributed by atoms with Crippen LogP contribution in [0.5, 0.6) is 0 Å². The number of hydrogen-bond acceptors (Lipinski definition) is 11. The van der Waals surface area contributed by atoms with Crippen molar-refractivity contribution in [3.05, 3.63) is 53.1 Å². The Labute approximate surface area is 313 Å². The van der Waals surface area contributed by atoms with Crippen LogP contribution in [-0.4, -0.2) is 105 Å². The fourth-order valence-corrected chi connectivity index (χ4v) is 8.25. The van der Waals surface area contributed by atoms with Crippen LogP contribution in [0.25, 0.3) is 0 Å². The minimum Gasteiger partial charge on any atom is -0.462 e. The lowest BCUT2D eigenvalue weighted by Gasteiger charge is -2.43. The summed E-state index contributed by atoms with van der Waals surface area (Å²) in [5.74, 6) is -2.14. The molecule has 3 aliphatic heterocycles. The normalized spacial score (nSPS) is 29.2. The van der Waals surface area contributed by atoms with Gasteiger partial charge in [0.25, 0.3) is 11.8 Å².